The van der Waals surface area contributed by atoms with Crippen molar-refractivity contribution in [1.82, 2.24) is 14.7 Å². The minimum absolute atomic E-state index is 0.00702. The van der Waals surface area contributed by atoms with Gasteiger partial charge < -0.3 is 9.80 Å². The van der Waals surface area contributed by atoms with E-state index < -0.39 is 0 Å². The van der Waals surface area contributed by atoms with Gasteiger partial charge in [0.05, 0.1) is 21.2 Å². The molecule has 9 heteroatoms. The van der Waals surface area contributed by atoms with Crippen LogP contribution in [0.25, 0.3) is 15.9 Å². The summed E-state index contributed by atoms with van der Waals surface area (Å²) in [5.41, 5.74) is 2.55. The molecule has 0 saturated carbocycles. The molecule has 1 aliphatic rings. The SMILES string of the molecule is Cc1nn(-c2ccccc2)c2sc(C(=O)N3CCN(c4ccccc4[N+](=O)[O-])CC3)cc12. The van der Waals surface area contributed by atoms with Gasteiger partial charge in [0.2, 0.25) is 0 Å². The van der Waals surface area contributed by atoms with E-state index in [1.807, 2.05) is 57.8 Å². The summed E-state index contributed by atoms with van der Waals surface area (Å²) in [4.78, 5) is 29.7. The van der Waals surface area contributed by atoms with Crippen LogP contribution >= 0.6 is 11.3 Å². The number of aromatic nitrogens is 2. The standard InChI is InChI=1S/C23H21N5O3S/c1-16-18-15-21(32-23(18)27(24-16)17-7-3-2-4-8-17)22(29)26-13-11-25(12-14-26)19-9-5-6-10-20(19)28(30)31/h2-10,15H,11-14H2,1H3. The Morgan fingerprint density at radius 2 is 1.72 bits per heavy atom. The number of anilines is 1. The number of aryl methyl sites for hydroxylation is 1. The lowest BCUT2D eigenvalue weighted by Gasteiger charge is -2.35. The van der Waals surface area contributed by atoms with E-state index in [2.05, 4.69) is 5.10 Å². The van der Waals surface area contributed by atoms with Gasteiger partial charge in [0.25, 0.3) is 11.6 Å². The van der Waals surface area contributed by atoms with Gasteiger partial charge in [-0.1, -0.05) is 30.3 Å². The first-order valence-electron chi connectivity index (χ1n) is 10.3. The number of fused-ring (bicyclic) bond motifs is 1. The monoisotopic (exact) mass is 447 g/mol. The summed E-state index contributed by atoms with van der Waals surface area (Å²) in [5, 5.41) is 17.0. The zero-order valence-corrected chi connectivity index (χ0v) is 18.3. The van der Waals surface area contributed by atoms with Gasteiger partial charge in [0.1, 0.15) is 10.5 Å². The Morgan fingerprint density at radius 1 is 1.03 bits per heavy atom. The van der Waals surface area contributed by atoms with Crippen molar-refractivity contribution in [2.24, 2.45) is 0 Å². The normalized spacial score (nSPS) is 14.2. The zero-order valence-electron chi connectivity index (χ0n) is 17.5. The number of piperazine rings is 1. The van der Waals surface area contributed by atoms with E-state index in [0.29, 0.717) is 36.7 Å². The second kappa shape index (κ2) is 8.08. The Bertz CT molecular complexity index is 1310. The molecule has 0 aliphatic carbocycles. The van der Waals surface area contributed by atoms with Crippen LogP contribution in [0, 0.1) is 17.0 Å². The van der Waals surface area contributed by atoms with Gasteiger partial charge >= 0.3 is 0 Å². The van der Waals surface area contributed by atoms with E-state index in [0.717, 1.165) is 21.6 Å². The van der Waals surface area contributed by atoms with Crippen LogP contribution in [0.1, 0.15) is 15.4 Å². The third-order valence-electron chi connectivity index (χ3n) is 5.74. The molecule has 5 rings (SSSR count). The second-order valence-corrected chi connectivity index (χ2v) is 8.72. The molecule has 0 N–H and O–H groups in total. The third kappa shape index (κ3) is 3.50. The van der Waals surface area contributed by atoms with Crippen molar-refractivity contribution < 1.29 is 9.72 Å². The molecule has 0 radical (unpaired) electrons. The smallest absolute Gasteiger partial charge is 0.292 e. The van der Waals surface area contributed by atoms with E-state index in [1.54, 1.807) is 18.2 Å². The molecule has 162 valence electrons. The number of rotatable bonds is 4. The molecule has 0 atom stereocenters. The van der Waals surface area contributed by atoms with Gasteiger partial charge in [0, 0.05) is 37.6 Å². The predicted octanol–water partition coefficient (Wildman–Crippen LogP) is 4.27. The first-order valence-corrected chi connectivity index (χ1v) is 11.2. The number of hydrogen-bond donors (Lipinski definition) is 0. The number of benzene rings is 2. The van der Waals surface area contributed by atoms with Gasteiger partial charge in [-0.15, -0.1) is 11.3 Å². The molecule has 1 saturated heterocycles. The molecule has 1 fully saturated rings. The average Bonchev–Trinajstić information content (AvgIpc) is 3.40. The average molecular weight is 448 g/mol. The van der Waals surface area contributed by atoms with Gasteiger partial charge in [-0.2, -0.15) is 5.10 Å². The number of nitro benzene ring substituents is 1. The number of carbonyl (C=O) groups excluding carboxylic acids is 1. The van der Waals surface area contributed by atoms with Crippen LogP contribution < -0.4 is 4.90 Å². The summed E-state index contributed by atoms with van der Waals surface area (Å²) in [5.74, 6) is -0.00702. The number of para-hydroxylation sites is 3. The highest BCUT2D eigenvalue weighted by Gasteiger charge is 2.27. The first kappa shape index (κ1) is 20.2. The number of nitrogens with zero attached hydrogens (tertiary/aromatic N) is 5. The Kier molecular flexibility index (Phi) is 5.10. The molecular weight excluding hydrogens is 426 g/mol. The fourth-order valence-electron chi connectivity index (χ4n) is 4.09. The lowest BCUT2D eigenvalue weighted by atomic mass is 10.2. The summed E-state index contributed by atoms with van der Waals surface area (Å²) in [7, 11) is 0. The fraction of sp³-hybridized carbons (Fsp3) is 0.217. The maximum absolute atomic E-state index is 13.2. The molecule has 0 bridgehead atoms. The molecule has 8 nitrogen and oxygen atoms in total. The molecule has 3 heterocycles. The van der Waals surface area contributed by atoms with Crippen LogP contribution in [0.4, 0.5) is 11.4 Å². The molecule has 4 aromatic rings. The zero-order chi connectivity index (χ0) is 22.2. The summed E-state index contributed by atoms with van der Waals surface area (Å²) < 4.78 is 1.89. The minimum atomic E-state index is -0.359. The highest BCUT2D eigenvalue weighted by Crippen LogP contribution is 2.32. The minimum Gasteiger partial charge on any atom is -0.362 e. The molecule has 1 amide bonds. The number of nitro groups is 1. The van der Waals surface area contributed by atoms with Gasteiger partial charge in [-0.05, 0) is 31.2 Å². The molecule has 1 aliphatic heterocycles. The van der Waals surface area contributed by atoms with Crippen molar-refractivity contribution in [2.75, 3.05) is 31.1 Å². The molecule has 32 heavy (non-hydrogen) atoms. The maximum atomic E-state index is 13.2. The topological polar surface area (TPSA) is 84.5 Å². The van der Waals surface area contributed by atoms with Crippen molar-refractivity contribution in [1.29, 1.82) is 0 Å². The quantitative estimate of drug-likeness (QED) is 0.345. The number of amides is 1. The van der Waals surface area contributed by atoms with Crippen LogP contribution in [0.3, 0.4) is 0 Å². The van der Waals surface area contributed by atoms with Crippen molar-refractivity contribution in [3.63, 3.8) is 0 Å². The lowest BCUT2D eigenvalue weighted by molar-refractivity contribution is -0.384. The Labute approximate surface area is 188 Å². The van der Waals surface area contributed by atoms with Crippen LogP contribution in [-0.4, -0.2) is 51.7 Å². The van der Waals surface area contributed by atoms with E-state index in [4.69, 9.17) is 0 Å². The Morgan fingerprint density at radius 3 is 2.44 bits per heavy atom. The van der Waals surface area contributed by atoms with Crippen molar-refractivity contribution >= 4 is 38.8 Å². The highest BCUT2D eigenvalue weighted by atomic mass is 32.1. The van der Waals surface area contributed by atoms with Crippen LogP contribution in [-0.2, 0) is 0 Å². The molecule has 0 spiro atoms. The number of carbonyl (C=O) groups is 1. The highest BCUT2D eigenvalue weighted by molar-refractivity contribution is 7.20. The predicted molar refractivity (Wildman–Crippen MR) is 125 cm³/mol. The number of thiophene rings is 1. The summed E-state index contributed by atoms with van der Waals surface area (Å²) >= 11 is 1.45. The van der Waals surface area contributed by atoms with Crippen LogP contribution in [0.5, 0.6) is 0 Å². The first-order chi connectivity index (χ1) is 15.5. The Balaban J connectivity index is 1.36. The van der Waals surface area contributed by atoms with Crippen LogP contribution in [0.15, 0.2) is 60.7 Å². The maximum Gasteiger partial charge on any atom is 0.292 e. The summed E-state index contributed by atoms with van der Waals surface area (Å²) in [6, 6.07) is 18.6. The van der Waals surface area contributed by atoms with Crippen molar-refractivity contribution in [3.8, 4) is 5.69 Å². The lowest BCUT2D eigenvalue weighted by Crippen LogP contribution is -2.48. The van der Waals surface area contributed by atoms with Gasteiger partial charge in [-0.25, -0.2) is 4.68 Å². The molecular formula is C23H21N5O3S. The van der Waals surface area contributed by atoms with Gasteiger partial charge in [0.15, 0.2) is 0 Å². The van der Waals surface area contributed by atoms with Crippen molar-refractivity contribution in [3.05, 3.63) is 81.3 Å². The Hall–Kier alpha value is -3.72. The molecule has 0 unspecified atom stereocenters. The second-order valence-electron chi connectivity index (χ2n) is 7.69. The van der Waals surface area contributed by atoms with E-state index in [9.17, 15) is 14.9 Å². The van der Waals surface area contributed by atoms with Gasteiger partial charge in [-0.3, -0.25) is 14.9 Å². The third-order valence-corrected chi connectivity index (χ3v) is 6.84. The van der Waals surface area contributed by atoms with Crippen LogP contribution in [0.2, 0.25) is 0 Å². The summed E-state index contributed by atoms with van der Waals surface area (Å²) in [6.45, 7) is 4.09. The molecule has 2 aromatic carbocycles. The fourth-order valence-corrected chi connectivity index (χ4v) is 5.24. The van der Waals surface area contributed by atoms with E-state index in [-0.39, 0.29) is 16.5 Å². The largest absolute Gasteiger partial charge is 0.362 e. The summed E-state index contributed by atoms with van der Waals surface area (Å²) in [6.07, 6.45) is 0. The van der Waals surface area contributed by atoms with E-state index in [1.165, 1.54) is 17.4 Å². The molecule has 2 aromatic heterocycles. The van der Waals surface area contributed by atoms with E-state index >= 15 is 0 Å². The van der Waals surface area contributed by atoms with Crippen molar-refractivity contribution in [2.45, 2.75) is 6.92 Å². The number of hydrogen-bond acceptors (Lipinski definition) is 6.